The van der Waals surface area contributed by atoms with E-state index < -0.39 is 9.87 Å². The molecule has 110 valence electrons. The van der Waals surface area contributed by atoms with Gasteiger partial charge in [-0.2, -0.15) is 0 Å². The second kappa shape index (κ2) is 5.46. The molecular formula is C14H17BN2O3S. The summed E-state index contributed by atoms with van der Waals surface area (Å²) in [6.07, 6.45) is 3.63. The highest BCUT2D eigenvalue weighted by molar-refractivity contribution is 8.10. The Labute approximate surface area is 126 Å². The molecule has 1 aliphatic carbocycles. The summed E-state index contributed by atoms with van der Waals surface area (Å²) in [5, 5.41) is 0. The molecule has 0 unspecified atom stereocenters. The van der Waals surface area contributed by atoms with E-state index in [0.717, 1.165) is 23.4 Å². The molecule has 1 heterocycles. The van der Waals surface area contributed by atoms with Crippen molar-refractivity contribution in [3.05, 3.63) is 29.3 Å². The van der Waals surface area contributed by atoms with Crippen molar-refractivity contribution in [3.63, 3.8) is 0 Å². The van der Waals surface area contributed by atoms with Crippen molar-refractivity contribution in [3.8, 4) is 0 Å². The zero-order valence-corrected chi connectivity index (χ0v) is 12.5. The van der Waals surface area contributed by atoms with E-state index in [9.17, 15) is 13.2 Å². The molecule has 1 aromatic rings. The summed E-state index contributed by atoms with van der Waals surface area (Å²) in [7, 11) is 1.25. The molecule has 3 rings (SSSR count). The Balaban J connectivity index is 1.79. The van der Waals surface area contributed by atoms with Crippen molar-refractivity contribution in [2.45, 2.75) is 32.2 Å². The predicted octanol–water partition coefficient (Wildman–Crippen LogP) is 0.879. The molecule has 2 radical (unpaired) electrons. The van der Waals surface area contributed by atoms with E-state index in [1.54, 1.807) is 0 Å². The van der Waals surface area contributed by atoms with E-state index in [1.165, 1.54) is 12.8 Å². The van der Waals surface area contributed by atoms with Crippen molar-refractivity contribution in [2.75, 3.05) is 11.4 Å². The quantitative estimate of drug-likeness (QED) is 0.821. The highest BCUT2D eigenvalue weighted by atomic mass is 32.2. The fraction of sp³-hybridized carbons (Fsp3) is 0.500. The van der Waals surface area contributed by atoms with Crippen LogP contribution in [0.15, 0.2) is 18.2 Å². The number of amides is 1. The van der Waals surface area contributed by atoms with Crippen molar-refractivity contribution in [1.82, 2.24) is 4.72 Å². The molecule has 2 aliphatic rings. The number of fused-ring (bicyclic) bond motifs is 1. The van der Waals surface area contributed by atoms with E-state index >= 15 is 0 Å². The number of nitrogens with one attached hydrogen (secondary N) is 1. The summed E-state index contributed by atoms with van der Waals surface area (Å²) < 4.78 is 24.1. The van der Waals surface area contributed by atoms with E-state index in [-0.39, 0.29) is 12.5 Å². The first-order chi connectivity index (χ1) is 9.92. The standard InChI is InChI=1S/C14H17BN2O3S/c15-21(19,20)16-8-11-3-5-13-12(7-11)4-6-14(18)17(13)9-10-1-2-10/h3,5,7,10,16H,1-2,4,6,8-9H2. The number of carbonyl (C=O) groups excluding carboxylic acids is 1. The minimum atomic E-state index is -3.69. The summed E-state index contributed by atoms with van der Waals surface area (Å²) in [6, 6.07) is 5.71. The van der Waals surface area contributed by atoms with Gasteiger partial charge in [-0.3, -0.25) is 4.79 Å². The Hall–Kier alpha value is -1.34. The van der Waals surface area contributed by atoms with Crippen LogP contribution in [0.25, 0.3) is 0 Å². The first-order valence-corrected chi connectivity index (χ1v) is 8.66. The number of aryl methyl sites for hydroxylation is 1. The maximum Gasteiger partial charge on any atom is 0.277 e. The van der Waals surface area contributed by atoms with Crippen molar-refractivity contribution >= 4 is 28.6 Å². The number of carbonyl (C=O) groups is 1. The number of rotatable bonds is 5. The fourth-order valence-electron chi connectivity index (χ4n) is 2.67. The Morgan fingerprint density at radius 2 is 2.05 bits per heavy atom. The molecule has 7 heteroatoms. The second-order valence-electron chi connectivity index (χ2n) is 5.78. The van der Waals surface area contributed by atoms with Crippen LogP contribution in [0.2, 0.25) is 0 Å². The third-order valence-electron chi connectivity index (χ3n) is 3.96. The molecule has 0 bridgehead atoms. The predicted molar refractivity (Wildman–Crippen MR) is 81.4 cm³/mol. The lowest BCUT2D eigenvalue weighted by Crippen LogP contribution is -2.36. The van der Waals surface area contributed by atoms with Crippen LogP contribution in [-0.2, 0) is 27.6 Å². The Kier molecular flexibility index (Phi) is 3.79. The molecule has 1 fully saturated rings. The zero-order chi connectivity index (χ0) is 15.0. The van der Waals surface area contributed by atoms with Gasteiger partial charge in [-0.25, -0.2) is 13.1 Å². The molecule has 21 heavy (non-hydrogen) atoms. The van der Waals surface area contributed by atoms with Crippen molar-refractivity contribution in [2.24, 2.45) is 5.92 Å². The largest absolute Gasteiger partial charge is 0.312 e. The highest BCUT2D eigenvalue weighted by Crippen LogP contribution is 2.35. The lowest BCUT2D eigenvalue weighted by molar-refractivity contribution is -0.118. The number of benzene rings is 1. The van der Waals surface area contributed by atoms with Crippen LogP contribution in [0, 0.1) is 5.92 Å². The van der Waals surface area contributed by atoms with Gasteiger partial charge in [0.15, 0.2) is 0 Å². The number of anilines is 1. The van der Waals surface area contributed by atoms with Crippen LogP contribution < -0.4 is 9.62 Å². The second-order valence-corrected chi connectivity index (χ2v) is 7.16. The Bertz CT molecular complexity index is 671. The molecule has 1 saturated carbocycles. The monoisotopic (exact) mass is 304 g/mol. The highest BCUT2D eigenvalue weighted by Gasteiger charge is 2.30. The first kappa shape index (κ1) is 14.6. The van der Waals surface area contributed by atoms with Crippen LogP contribution in [0.4, 0.5) is 5.69 Å². The van der Waals surface area contributed by atoms with Crippen LogP contribution in [0.1, 0.15) is 30.4 Å². The molecule has 1 aromatic carbocycles. The maximum atomic E-state index is 12.1. The molecule has 1 N–H and O–H groups in total. The topological polar surface area (TPSA) is 66.5 Å². The molecule has 0 saturated heterocycles. The van der Waals surface area contributed by atoms with Crippen molar-refractivity contribution in [1.29, 1.82) is 0 Å². The van der Waals surface area contributed by atoms with E-state index in [2.05, 4.69) is 4.72 Å². The molecule has 5 nitrogen and oxygen atoms in total. The lowest BCUT2D eigenvalue weighted by atomic mass is 9.98. The summed E-state index contributed by atoms with van der Waals surface area (Å²) in [5.41, 5.74) is 2.92. The van der Waals surface area contributed by atoms with Gasteiger partial charge in [-0.15, -0.1) is 0 Å². The summed E-state index contributed by atoms with van der Waals surface area (Å²) in [4.78, 5) is 14.0. The van der Waals surface area contributed by atoms with Gasteiger partial charge in [-0.05, 0) is 42.4 Å². The summed E-state index contributed by atoms with van der Waals surface area (Å²) in [5.74, 6) is 0.827. The van der Waals surface area contributed by atoms with Gasteiger partial charge in [0, 0.05) is 25.2 Å². The average Bonchev–Trinajstić information content (AvgIpc) is 3.23. The smallest absolute Gasteiger partial charge is 0.277 e. The van der Waals surface area contributed by atoms with Gasteiger partial charge in [0.2, 0.25) is 5.91 Å². The van der Waals surface area contributed by atoms with Gasteiger partial charge in [-0.1, -0.05) is 12.1 Å². The van der Waals surface area contributed by atoms with E-state index in [4.69, 9.17) is 7.12 Å². The van der Waals surface area contributed by atoms with Crippen LogP contribution >= 0.6 is 0 Å². The first-order valence-electron chi connectivity index (χ1n) is 7.12. The normalized spacial score (nSPS) is 18.7. The van der Waals surface area contributed by atoms with E-state index in [0.29, 0.717) is 18.8 Å². The lowest BCUT2D eigenvalue weighted by Gasteiger charge is -2.30. The Morgan fingerprint density at radius 3 is 2.71 bits per heavy atom. The van der Waals surface area contributed by atoms with Gasteiger partial charge < -0.3 is 4.90 Å². The minimum Gasteiger partial charge on any atom is -0.312 e. The molecular weight excluding hydrogens is 287 g/mol. The fourth-order valence-corrected chi connectivity index (χ4v) is 3.03. The minimum absolute atomic E-state index is 0.169. The van der Waals surface area contributed by atoms with Crippen LogP contribution in [-0.4, -0.2) is 28.0 Å². The van der Waals surface area contributed by atoms with Crippen LogP contribution in [0.3, 0.4) is 0 Å². The molecule has 0 atom stereocenters. The van der Waals surface area contributed by atoms with Gasteiger partial charge in [0.1, 0.15) is 9.87 Å². The van der Waals surface area contributed by atoms with Gasteiger partial charge in [0.05, 0.1) is 0 Å². The molecule has 0 aromatic heterocycles. The number of hydrogen-bond acceptors (Lipinski definition) is 3. The zero-order valence-electron chi connectivity index (χ0n) is 11.7. The maximum absolute atomic E-state index is 12.1. The van der Waals surface area contributed by atoms with Gasteiger partial charge in [0.25, 0.3) is 7.12 Å². The molecule has 1 amide bonds. The number of hydrogen-bond donors (Lipinski definition) is 1. The summed E-state index contributed by atoms with van der Waals surface area (Å²) >= 11 is 0. The SMILES string of the molecule is [B]S(=O)(=O)NCc1ccc2c(c1)CCC(=O)N2CC1CC1. The van der Waals surface area contributed by atoms with Crippen LogP contribution in [0.5, 0.6) is 0 Å². The molecule has 0 spiro atoms. The van der Waals surface area contributed by atoms with Crippen molar-refractivity contribution < 1.29 is 13.2 Å². The van der Waals surface area contributed by atoms with E-state index in [1.807, 2.05) is 23.1 Å². The number of nitrogens with zero attached hydrogens (tertiary/aromatic N) is 1. The third kappa shape index (κ3) is 3.65. The Morgan fingerprint density at radius 1 is 1.29 bits per heavy atom. The average molecular weight is 304 g/mol. The third-order valence-corrected chi connectivity index (χ3v) is 4.51. The van der Waals surface area contributed by atoms with Gasteiger partial charge >= 0.3 is 0 Å². The molecule has 1 aliphatic heterocycles. The summed E-state index contributed by atoms with van der Waals surface area (Å²) in [6.45, 7) is 0.975.